The number of benzene rings is 1. The van der Waals surface area contributed by atoms with Gasteiger partial charge in [0.15, 0.2) is 0 Å². The van der Waals surface area contributed by atoms with Gasteiger partial charge in [0.2, 0.25) is 0 Å². The molecule has 1 aromatic carbocycles. The van der Waals surface area contributed by atoms with E-state index in [0.717, 1.165) is 12.1 Å². The van der Waals surface area contributed by atoms with Gasteiger partial charge in [-0.25, -0.2) is 13.6 Å². The van der Waals surface area contributed by atoms with Crippen molar-refractivity contribution in [3.05, 3.63) is 29.8 Å². The maximum atomic E-state index is 12.9. The van der Waals surface area contributed by atoms with Crippen LogP contribution in [0.1, 0.15) is 19.8 Å². The molecule has 1 unspecified atom stereocenters. The molecular formula is C13H16F2N2O3. The van der Waals surface area contributed by atoms with E-state index in [4.69, 9.17) is 5.11 Å². The lowest BCUT2D eigenvalue weighted by atomic mass is 10.1. The first-order chi connectivity index (χ1) is 9.36. The van der Waals surface area contributed by atoms with Crippen LogP contribution in [-0.4, -0.2) is 23.7 Å². The van der Waals surface area contributed by atoms with E-state index < -0.39 is 23.6 Å². The zero-order valence-electron chi connectivity index (χ0n) is 11.0. The molecule has 0 bridgehead atoms. The number of hydrogen-bond donors (Lipinski definition) is 3. The van der Waals surface area contributed by atoms with Gasteiger partial charge in [0.05, 0.1) is 0 Å². The average molecular weight is 286 g/mol. The molecule has 0 saturated heterocycles. The molecule has 1 rings (SSSR count). The Morgan fingerprint density at radius 3 is 2.40 bits per heavy atom. The van der Waals surface area contributed by atoms with Crippen molar-refractivity contribution in [1.82, 2.24) is 5.32 Å². The van der Waals surface area contributed by atoms with Crippen LogP contribution < -0.4 is 10.6 Å². The molecule has 1 atom stereocenters. The van der Waals surface area contributed by atoms with E-state index in [1.165, 1.54) is 0 Å². The molecule has 0 radical (unpaired) electrons. The summed E-state index contributed by atoms with van der Waals surface area (Å²) in [5.74, 6) is -2.47. The highest BCUT2D eigenvalue weighted by molar-refractivity contribution is 5.89. The minimum absolute atomic E-state index is 0.0122. The fourth-order valence-corrected chi connectivity index (χ4v) is 1.54. The highest BCUT2D eigenvalue weighted by Crippen LogP contribution is 2.12. The van der Waals surface area contributed by atoms with E-state index in [1.807, 2.05) is 0 Å². The van der Waals surface area contributed by atoms with Gasteiger partial charge >= 0.3 is 12.0 Å². The number of rotatable bonds is 6. The van der Waals surface area contributed by atoms with Gasteiger partial charge in [-0.1, -0.05) is 6.92 Å². The number of halogens is 2. The minimum atomic E-state index is -0.892. The van der Waals surface area contributed by atoms with Crippen molar-refractivity contribution in [2.45, 2.75) is 19.8 Å². The Bertz CT molecular complexity index is 474. The molecule has 0 fully saturated rings. The number of hydrogen-bond acceptors (Lipinski definition) is 2. The van der Waals surface area contributed by atoms with Gasteiger partial charge in [-0.15, -0.1) is 0 Å². The Balaban J connectivity index is 2.38. The summed E-state index contributed by atoms with van der Waals surface area (Å²) in [4.78, 5) is 21.9. The molecule has 1 aromatic rings. The largest absolute Gasteiger partial charge is 0.481 e. The number of carbonyl (C=O) groups excluding carboxylic acids is 1. The molecule has 0 heterocycles. The molecular weight excluding hydrogens is 270 g/mol. The van der Waals surface area contributed by atoms with E-state index in [1.54, 1.807) is 6.92 Å². The van der Waals surface area contributed by atoms with Crippen LogP contribution in [-0.2, 0) is 4.79 Å². The summed E-state index contributed by atoms with van der Waals surface area (Å²) >= 11 is 0. The van der Waals surface area contributed by atoms with E-state index in [2.05, 4.69) is 10.6 Å². The normalized spacial score (nSPS) is 11.8. The lowest BCUT2D eigenvalue weighted by molar-refractivity contribution is -0.137. The summed E-state index contributed by atoms with van der Waals surface area (Å²) in [5, 5.41) is 13.3. The second-order valence-electron chi connectivity index (χ2n) is 4.53. The Labute approximate surface area is 115 Å². The summed E-state index contributed by atoms with van der Waals surface area (Å²) in [6, 6.07) is 2.10. The van der Waals surface area contributed by atoms with E-state index in [9.17, 15) is 18.4 Å². The molecule has 0 aromatic heterocycles. The zero-order valence-corrected chi connectivity index (χ0v) is 11.0. The number of aliphatic carboxylic acids is 1. The van der Waals surface area contributed by atoms with Crippen molar-refractivity contribution in [2.75, 3.05) is 11.9 Å². The van der Waals surface area contributed by atoms with Crippen molar-refractivity contribution in [3.8, 4) is 0 Å². The fraction of sp³-hybridized carbons (Fsp3) is 0.385. The number of anilines is 1. The van der Waals surface area contributed by atoms with Crippen molar-refractivity contribution < 1.29 is 23.5 Å². The Morgan fingerprint density at radius 2 is 1.85 bits per heavy atom. The lowest BCUT2D eigenvalue weighted by Crippen LogP contribution is -2.32. The van der Waals surface area contributed by atoms with Crippen LogP contribution in [0.25, 0.3) is 0 Å². The molecule has 5 nitrogen and oxygen atoms in total. The van der Waals surface area contributed by atoms with Crippen LogP contribution in [0.3, 0.4) is 0 Å². The highest BCUT2D eigenvalue weighted by atomic mass is 19.1. The number of nitrogens with one attached hydrogen (secondary N) is 2. The molecule has 3 N–H and O–H groups in total. The molecule has 0 saturated carbocycles. The topological polar surface area (TPSA) is 78.4 Å². The van der Waals surface area contributed by atoms with Gasteiger partial charge in [0, 0.05) is 24.7 Å². The summed E-state index contributed by atoms with van der Waals surface area (Å²) in [6.45, 7) is 2.07. The van der Waals surface area contributed by atoms with Crippen LogP contribution in [0.15, 0.2) is 18.2 Å². The SMILES string of the molecule is CC(CCC(=O)O)CNC(=O)Nc1cc(F)cc(F)c1. The molecule has 0 aliphatic carbocycles. The molecule has 20 heavy (non-hydrogen) atoms. The smallest absolute Gasteiger partial charge is 0.319 e. The van der Waals surface area contributed by atoms with Crippen molar-refractivity contribution >= 4 is 17.7 Å². The fourth-order valence-electron chi connectivity index (χ4n) is 1.54. The summed E-state index contributed by atoms with van der Waals surface area (Å²) in [7, 11) is 0. The molecule has 110 valence electrons. The number of carboxylic acid groups (broad SMARTS) is 1. The highest BCUT2D eigenvalue weighted by Gasteiger charge is 2.09. The van der Waals surface area contributed by atoms with Gasteiger partial charge in [-0.2, -0.15) is 0 Å². The van der Waals surface area contributed by atoms with Gasteiger partial charge in [-0.05, 0) is 24.5 Å². The van der Waals surface area contributed by atoms with Gasteiger partial charge in [-0.3, -0.25) is 4.79 Å². The second kappa shape index (κ2) is 7.42. The molecule has 7 heteroatoms. The third-order valence-corrected chi connectivity index (χ3v) is 2.58. The molecule has 0 aliphatic rings. The molecule has 2 amide bonds. The van der Waals surface area contributed by atoms with Crippen LogP contribution in [0.2, 0.25) is 0 Å². The predicted octanol–water partition coefficient (Wildman–Crippen LogP) is 2.59. The van der Waals surface area contributed by atoms with E-state index in [-0.39, 0.29) is 24.6 Å². The summed E-state index contributed by atoms with van der Waals surface area (Å²) in [5.41, 5.74) is 0.0122. The number of carboxylic acids is 1. The minimum Gasteiger partial charge on any atom is -0.481 e. The van der Waals surface area contributed by atoms with Gasteiger partial charge in [0.1, 0.15) is 11.6 Å². The quantitative estimate of drug-likeness (QED) is 0.752. The molecule has 0 aliphatic heterocycles. The van der Waals surface area contributed by atoms with Gasteiger partial charge < -0.3 is 15.7 Å². The molecule has 0 spiro atoms. The van der Waals surface area contributed by atoms with Crippen molar-refractivity contribution in [3.63, 3.8) is 0 Å². The summed E-state index contributed by atoms with van der Waals surface area (Å²) in [6.07, 6.45) is 0.462. The Kier molecular flexibility index (Phi) is 5.89. The summed E-state index contributed by atoms with van der Waals surface area (Å²) < 4.78 is 25.8. The van der Waals surface area contributed by atoms with Crippen molar-refractivity contribution in [1.29, 1.82) is 0 Å². The Morgan fingerprint density at radius 1 is 1.25 bits per heavy atom. The van der Waals surface area contributed by atoms with Crippen molar-refractivity contribution in [2.24, 2.45) is 5.92 Å². The predicted molar refractivity (Wildman–Crippen MR) is 69.4 cm³/mol. The lowest BCUT2D eigenvalue weighted by Gasteiger charge is -2.12. The number of urea groups is 1. The second-order valence-corrected chi connectivity index (χ2v) is 4.53. The number of carbonyl (C=O) groups is 2. The first-order valence-corrected chi connectivity index (χ1v) is 6.09. The van der Waals surface area contributed by atoms with Crippen LogP contribution in [0, 0.1) is 17.6 Å². The maximum Gasteiger partial charge on any atom is 0.319 e. The average Bonchev–Trinajstić information content (AvgIpc) is 2.32. The van der Waals surface area contributed by atoms with E-state index >= 15 is 0 Å². The first kappa shape index (κ1) is 15.9. The number of amides is 2. The van der Waals surface area contributed by atoms with Crippen LogP contribution in [0.4, 0.5) is 19.3 Å². The zero-order chi connectivity index (χ0) is 15.1. The Hall–Kier alpha value is -2.18. The van der Waals surface area contributed by atoms with E-state index in [0.29, 0.717) is 12.5 Å². The third-order valence-electron chi connectivity index (χ3n) is 2.58. The van der Waals surface area contributed by atoms with Crippen LogP contribution in [0.5, 0.6) is 0 Å². The van der Waals surface area contributed by atoms with Gasteiger partial charge in [0.25, 0.3) is 0 Å². The first-order valence-electron chi connectivity index (χ1n) is 6.09. The standard InChI is InChI=1S/C13H16F2N2O3/c1-8(2-3-12(18)19)7-16-13(20)17-11-5-9(14)4-10(15)6-11/h4-6,8H,2-3,7H2,1H3,(H,18,19)(H2,16,17,20). The van der Waals surface area contributed by atoms with Crippen LogP contribution >= 0.6 is 0 Å². The third kappa shape index (κ3) is 6.12. The maximum absolute atomic E-state index is 12.9. The monoisotopic (exact) mass is 286 g/mol.